The summed E-state index contributed by atoms with van der Waals surface area (Å²) in [6.07, 6.45) is -2.24. The maximum Gasteiger partial charge on any atom is 0.446 e. The Balaban J connectivity index is 2.09. The van der Waals surface area contributed by atoms with Gasteiger partial charge < -0.3 is 0 Å². The zero-order valence-corrected chi connectivity index (χ0v) is 16.1. The normalized spacial score (nSPS) is 12.4. The van der Waals surface area contributed by atoms with Crippen molar-refractivity contribution in [2.24, 2.45) is 11.1 Å². The van der Waals surface area contributed by atoms with Gasteiger partial charge in [-0.1, -0.05) is 30.6 Å². The molecule has 0 spiro atoms. The van der Waals surface area contributed by atoms with Crippen LogP contribution >= 0.6 is 23.5 Å². The van der Waals surface area contributed by atoms with Gasteiger partial charge in [-0.05, 0) is 36.2 Å². The number of hydrogen-bond acceptors (Lipinski definition) is 5. The molecule has 146 valence electrons. The van der Waals surface area contributed by atoms with Gasteiger partial charge in [0, 0.05) is 30.3 Å². The van der Waals surface area contributed by atoms with E-state index in [2.05, 4.69) is 10.3 Å². The Morgan fingerprint density at radius 1 is 1.41 bits per heavy atom. The summed E-state index contributed by atoms with van der Waals surface area (Å²) in [5.41, 5.74) is -0.977. The van der Waals surface area contributed by atoms with Crippen LogP contribution in [0.5, 0.6) is 0 Å². The standard InChI is InChI=1S/C16H16ClF3N4O2S/c1-10(2)14(24-8-4-7-21-24)22-26-15(25)23(3)27-11-5-6-13(17)12(9-11)16(18,19)20/h4-10H,1-3H3. The summed E-state index contributed by atoms with van der Waals surface area (Å²) >= 11 is 6.34. The van der Waals surface area contributed by atoms with Gasteiger partial charge in [-0.2, -0.15) is 18.3 Å². The van der Waals surface area contributed by atoms with Gasteiger partial charge in [-0.3, -0.25) is 4.84 Å². The number of aromatic nitrogens is 2. The van der Waals surface area contributed by atoms with Crippen molar-refractivity contribution in [2.75, 3.05) is 7.05 Å². The lowest BCUT2D eigenvalue weighted by molar-refractivity contribution is -0.137. The van der Waals surface area contributed by atoms with E-state index < -0.39 is 22.9 Å². The third-order valence-corrected chi connectivity index (χ3v) is 4.43. The molecule has 6 nitrogen and oxygen atoms in total. The van der Waals surface area contributed by atoms with Gasteiger partial charge in [-0.15, -0.1) is 0 Å². The van der Waals surface area contributed by atoms with Gasteiger partial charge in [0.05, 0.1) is 10.6 Å². The summed E-state index contributed by atoms with van der Waals surface area (Å²) in [4.78, 5) is 17.2. The van der Waals surface area contributed by atoms with Crippen LogP contribution in [0.3, 0.4) is 0 Å². The second-order valence-corrected chi connectivity index (χ2v) is 7.25. The fourth-order valence-corrected chi connectivity index (χ4v) is 2.88. The highest BCUT2D eigenvalue weighted by Crippen LogP contribution is 2.37. The molecular weight excluding hydrogens is 405 g/mol. The van der Waals surface area contributed by atoms with Gasteiger partial charge >= 0.3 is 12.3 Å². The van der Waals surface area contributed by atoms with E-state index in [1.165, 1.54) is 17.8 Å². The van der Waals surface area contributed by atoms with Crippen molar-refractivity contribution in [1.29, 1.82) is 0 Å². The predicted molar refractivity (Wildman–Crippen MR) is 96.5 cm³/mol. The quantitative estimate of drug-likeness (QED) is 0.226. The molecule has 0 aliphatic heterocycles. The Bertz CT molecular complexity index is 826. The lowest BCUT2D eigenvalue weighted by atomic mass is 10.2. The van der Waals surface area contributed by atoms with Crippen molar-refractivity contribution in [1.82, 2.24) is 14.1 Å². The topological polar surface area (TPSA) is 59.7 Å². The molecule has 0 radical (unpaired) electrons. The van der Waals surface area contributed by atoms with Crippen LogP contribution in [0.2, 0.25) is 5.02 Å². The summed E-state index contributed by atoms with van der Waals surface area (Å²) < 4.78 is 41.2. The SMILES string of the molecule is CC(C)C(=NOC(=O)N(C)Sc1ccc(Cl)c(C(F)(F)F)c1)n1cccn1. The molecule has 1 aromatic heterocycles. The number of carbonyl (C=O) groups is 1. The van der Waals surface area contributed by atoms with Crippen molar-refractivity contribution >= 4 is 35.5 Å². The number of hydrogen-bond donors (Lipinski definition) is 0. The van der Waals surface area contributed by atoms with Crippen LogP contribution in [-0.2, 0) is 11.0 Å². The fourth-order valence-electron chi connectivity index (χ4n) is 1.93. The van der Waals surface area contributed by atoms with Crippen LogP contribution < -0.4 is 0 Å². The Morgan fingerprint density at radius 2 is 2.11 bits per heavy atom. The third kappa shape index (κ3) is 5.64. The number of oxime groups is 1. The van der Waals surface area contributed by atoms with Gasteiger partial charge in [0.2, 0.25) is 0 Å². The molecule has 0 bridgehead atoms. The van der Waals surface area contributed by atoms with E-state index >= 15 is 0 Å². The van der Waals surface area contributed by atoms with Crippen LogP contribution in [0.25, 0.3) is 0 Å². The monoisotopic (exact) mass is 420 g/mol. The number of alkyl halides is 3. The number of halogens is 4. The highest BCUT2D eigenvalue weighted by atomic mass is 35.5. The first kappa shape index (κ1) is 21.1. The molecule has 11 heteroatoms. The van der Waals surface area contributed by atoms with Crippen LogP contribution in [-0.4, -0.2) is 33.1 Å². The minimum atomic E-state index is -4.59. The first-order chi connectivity index (χ1) is 12.6. The second kappa shape index (κ2) is 8.66. The summed E-state index contributed by atoms with van der Waals surface area (Å²) in [5.74, 6) is 0.318. The van der Waals surface area contributed by atoms with Crippen molar-refractivity contribution in [3.05, 3.63) is 47.2 Å². The maximum absolute atomic E-state index is 12.9. The molecule has 0 N–H and O–H groups in total. The van der Waals surface area contributed by atoms with Crippen LogP contribution in [0, 0.1) is 5.92 Å². The highest BCUT2D eigenvalue weighted by molar-refractivity contribution is 7.97. The van der Waals surface area contributed by atoms with Gasteiger partial charge in [0.25, 0.3) is 0 Å². The molecule has 27 heavy (non-hydrogen) atoms. The van der Waals surface area contributed by atoms with Crippen molar-refractivity contribution < 1.29 is 22.8 Å². The van der Waals surface area contributed by atoms with Crippen LogP contribution in [0.1, 0.15) is 19.4 Å². The van der Waals surface area contributed by atoms with Crippen LogP contribution in [0.4, 0.5) is 18.0 Å². The molecule has 1 amide bonds. The average molecular weight is 421 g/mol. The molecule has 2 aromatic rings. The minimum absolute atomic E-state index is 0.0822. The van der Waals surface area contributed by atoms with E-state index in [4.69, 9.17) is 16.4 Å². The number of benzene rings is 1. The van der Waals surface area contributed by atoms with Gasteiger partial charge in [-0.25, -0.2) is 13.8 Å². The van der Waals surface area contributed by atoms with Crippen LogP contribution in [0.15, 0.2) is 46.7 Å². The van der Waals surface area contributed by atoms with E-state index in [0.717, 1.165) is 28.4 Å². The molecule has 0 saturated heterocycles. The molecule has 0 aliphatic carbocycles. The lowest BCUT2D eigenvalue weighted by Gasteiger charge is -2.16. The average Bonchev–Trinajstić information content (AvgIpc) is 3.09. The molecule has 0 fully saturated rings. The largest absolute Gasteiger partial charge is 0.446 e. The summed E-state index contributed by atoms with van der Waals surface area (Å²) in [6.45, 7) is 3.69. The van der Waals surface area contributed by atoms with Crippen molar-refractivity contribution in [3.8, 4) is 0 Å². The first-order valence-electron chi connectivity index (χ1n) is 7.67. The molecule has 1 heterocycles. The van der Waals surface area contributed by atoms with Gasteiger partial charge in [0.15, 0.2) is 5.84 Å². The maximum atomic E-state index is 12.9. The molecule has 0 unspecified atom stereocenters. The van der Waals surface area contributed by atoms with E-state index in [9.17, 15) is 18.0 Å². The second-order valence-electron chi connectivity index (χ2n) is 5.64. The van der Waals surface area contributed by atoms with E-state index in [1.807, 2.05) is 13.8 Å². The first-order valence-corrected chi connectivity index (χ1v) is 8.82. The molecule has 0 aliphatic rings. The number of nitrogens with zero attached hydrogens (tertiary/aromatic N) is 4. The fraction of sp³-hybridized carbons (Fsp3) is 0.312. The number of carbonyl (C=O) groups excluding carboxylic acids is 1. The smallest absolute Gasteiger partial charge is 0.295 e. The Labute approximate surface area is 163 Å². The molecule has 0 atom stereocenters. The third-order valence-electron chi connectivity index (χ3n) is 3.22. The molecule has 1 aromatic carbocycles. The summed E-state index contributed by atoms with van der Waals surface area (Å²) in [7, 11) is 1.35. The van der Waals surface area contributed by atoms with Gasteiger partial charge in [0.1, 0.15) is 0 Å². The Kier molecular flexibility index (Phi) is 6.77. The Morgan fingerprint density at radius 3 is 2.67 bits per heavy atom. The van der Waals surface area contributed by atoms with E-state index in [1.54, 1.807) is 18.5 Å². The van der Waals surface area contributed by atoms with Crippen molar-refractivity contribution in [2.45, 2.75) is 24.9 Å². The zero-order valence-electron chi connectivity index (χ0n) is 14.6. The number of rotatable bonds is 4. The zero-order chi connectivity index (χ0) is 20.2. The molecule has 2 rings (SSSR count). The van der Waals surface area contributed by atoms with Crippen molar-refractivity contribution in [3.63, 3.8) is 0 Å². The summed E-state index contributed by atoms with van der Waals surface area (Å²) in [5, 5.41) is 7.42. The minimum Gasteiger partial charge on any atom is -0.295 e. The van der Waals surface area contributed by atoms with E-state index in [0.29, 0.717) is 5.84 Å². The summed E-state index contributed by atoms with van der Waals surface area (Å²) in [6, 6.07) is 5.06. The molecular formula is C16H16ClF3N4O2S. The highest BCUT2D eigenvalue weighted by Gasteiger charge is 2.33. The molecule has 0 saturated carbocycles. The Hall–Kier alpha value is -2.20. The van der Waals surface area contributed by atoms with E-state index in [-0.39, 0.29) is 10.8 Å². The lowest BCUT2D eigenvalue weighted by Crippen LogP contribution is -2.23. The predicted octanol–water partition coefficient (Wildman–Crippen LogP) is 5.15. The number of amides is 1.